The van der Waals surface area contributed by atoms with Crippen molar-refractivity contribution in [3.05, 3.63) is 58.6 Å². The van der Waals surface area contributed by atoms with Gasteiger partial charge in [-0.1, -0.05) is 0 Å². The maximum Gasteiger partial charge on any atom is 0.410 e. The number of nitrogen functional groups attached to an aromatic ring is 1. The zero-order chi connectivity index (χ0) is 35.6. The second kappa shape index (κ2) is 16.7. The van der Waals surface area contributed by atoms with E-state index in [0.717, 1.165) is 63.2 Å². The van der Waals surface area contributed by atoms with Crippen LogP contribution in [-0.2, 0) is 9.47 Å². The lowest BCUT2D eigenvalue weighted by Gasteiger charge is -2.39. The number of nitro benzene ring substituents is 1. The molecule has 2 N–H and O–H groups in total. The molecule has 4 rings (SSSR count). The molecule has 2 heterocycles. The van der Waals surface area contributed by atoms with Gasteiger partial charge in [-0.25, -0.2) is 9.59 Å². The lowest BCUT2D eigenvalue weighted by molar-refractivity contribution is -0.384. The first-order valence-corrected chi connectivity index (χ1v) is 17.1. The highest BCUT2D eigenvalue weighted by Crippen LogP contribution is 2.27. The molecule has 0 atom stereocenters. The third kappa shape index (κ3) is 11.5. The highest BCUT2D eigenvalue weighted by molar-refractivity contribution is 5.69. The number of hydrogen-bond acceptors (Lipinski definition) is 9. The summed E-state index contributed by atoms with van der Waals surface area (Å²) in [5.41, 5.74) is 7.85. The Hall–Kier alpha value is -4.22. The Morgan fingerprint density at radius 1 is 0.729 bits per heavy atom. The van der Waals surface area contributed by atoms with E-state index in [2.05, 4.69) is 21.9 Å². The first-order chi connectivity index (χ1) is 22.5. The Labute approximate surface area is 286 Å². The molecule has 48 heavy (non-hydrogen) atoms. The molecule has 2 aliphatic rings. The number of benzene rings is 2. The standard InChI is InChI=1S/C18H27N3O4.C18H29N3O2/c1-5-20(17(22)25-18(2,3)4)15-10-12-19(13-11-15)14-6-8-16(9-7-14)21(23)24;1-5-21(17(22)23-18(2,3)4)16-10-12-20(13-11-16)15-8-6-14(19)7-9-15/h6-9,15H,5,10-13H2,1-4H3;6-9,16H,5,10-13,19H2,1-4H3. The molecule has 2 saturated heterocycles. The fourth-order valence-corrected chi connectivity index (χ4v) is 6.06. The molecule has 0 aliphatic carbocycles. The minimum absolute atomic E-state index is 0.0979. The minimum atomic E-state index is -0.496. The third-order valence-electron chi connectivity index (χ3n) is 8.43. The average molecular weight is 669 g/mol. The van der Waals surface area contributed by atoms with Crippen molar-refractivity contribution in [3.63, 3.8) is 0 Å². The van der Waals surface area contributed by atoms with E-state index in [4.69, 9.17) is 15.2 Å². The lowest BCUT2D eigenvalue weighted by Crippen LogP contribution is -2.48. The molecule has 0 unspecified atom stereocenters. The van der Waals surface area contributed by atoms with Crippen molar-refractivity contribution in [2.45, 2.75) is 104 Å². The zero-order valence-electron chi connectivity index (χ0n) is 30.1. The number of hydrogen-bond donors (Lipinski definition) is 1. The lowest BCUT2D eigenvalue weighted by atomic mass is 10.0. The van der Waals surface area contributed by atoms with E-state index in [0.29, 0.717) is 13.1 Å². The van der Waals surface area contributed by atoms with E-state index in [1.54, 1.807) is 17.0 Å². The number of nitrogens with two attached hydrogens (primary N) is 1. The molecule has 0 bridgehead atoms. The van der Waals surface area contributed by atoms with Gasteiger partial charge in [0, 0.05) is 80.5 Å². The van der Waals surface area contributed by atoms with Crippen molar-refractivity contribution in [1.82, 2.24) is 9.80 Å². The Kier molecular flexibility index (Phi) is 13.3. The summed E-state index contributed by atoms with van der Waals surface area (Å²) >= 11 is 0. The van der Waals surface area contributed by atoms with Crippen molar-refractivity contribution < 1.29 is 24.0 Å². The maximum atomic E-state index is 12.4. The summed E-state index contributed by atoms with van der Waals surface area (Å²) in [6.45, 7) is 20.1. The quantitative estimate of drug-likeness (QED) is 0.183. The van der Waals surface area contributed by atoms with Crippen LogP contribution in [0.3, 0.4) is 0 Å². The van der Waals surface area contributed by atoms with Crippen LogP contribution in [-0.4, -0.2) is 89.5 Å². The second-order valence-corrected chi connectivity index (χ2v) is 14.3. The van der Waals surface area contributed by atoms with Gasteiger partial charge < -0.3 is 34.8 Å². The van der Waals surface area contributed by atoms with E-state index in [1.165, 1.54) is 17.8 Å². The number of carbonyl (C=O) groups is 2. The summed E-state index contributed by atoms with van der Waals surface area (Å²) in [7, 11) is 0. The zero-order valence-corrected chi connectivity index (χ0v) is 30.1. The van der Waals surface area contributed by atoms with Gasteiger partial charge >= 0.3 is 12.2 Å². The first-order valence-electron chi connectivity index (χ1n) is 17.1. The van der Waals surface area contributed by atoms with Crippen molar-refractivity contribution >= 4 is 34.9 Å². The van der Waals surface area contributed by atoms with Crippen molar-refractivity contribution in [3.8, 4) is 0 Å². The molecule has 2 aromatic rings. The van der Waals surface area contributed by atoms with Crippen LogP contribution in [0.25, 0.3) is 0 Å². The van der Waals surface area contributed by atoms with E-state index in [-0.39, 0.29) is 30.0 Å². The SMILES string of the molecule is CCN(C(=O)OC(C)(C)C)C1CCN(c2ccc(N)cc2)CC1.CCN(C(=O)OC(C)(C)C)C1CCN(c2ccc([N+](=O)[O-])cc2)CC1. The van der Waals surface area contributed by atoms with Gasteiger partial charge in [-0.05, 0) is 117 Å². The van der Waals surface area contributed by atoms with Crippen LogP contribution in [0.15, 0.2) is 48.5 Å². The molecule has 2 aliphatic heterocycles. The summed E-state index contributed by atoms with van der Waals surface area (Å²) in [6.07, 6.45) is 3.15. The van der Waals surface area contributed by atoms with Crippen LogP contribution in [0.5, 0.6) is 0 Å². The van der Waals surface area contributed by atoms with Gasteiger partial charge in [0.2, 0.25) is 0 Å². The van der Waals surface area contributed by atoms with Crippen molar-refractivity contribution in [2.24, 2.45) is 0 Å². The number of amides is 2. The first kappa shape index (κ1) is 38.2. The maximum absolute atomic E-state index is 12.4. The largest absolute Gasteiger partial charge is 0.444 e. The number of non-ortho nitro benzene ring substituents is 1. The van der Waals surface area contributed by atoms with Crippen LogP contribution >= 0.6 is 0 Å². The summed E-state index contributed by atoms with van der Waals surface area (Å²) < 4.78 is 11.0. The monoisotopic (exact) mass is 668 g/mol. The highest BCUT2D eigenvalue weighted by atomic mass is 16.6. The van der Waals surface area contributed by atoms with Gasteiger partial charge in [0.25, 0.3) is 5.69 Å². The Balaban J connectivity index is 0.000000261. The third-order valence-corrected chi connectivity index (χ3v) is 8.43. The predicted octanol–water partition coefficient (Wildman–Crippen LogP) is 7.32. The topological polar surface area (TPSA) is 135 Å². The summed E-state index contributed by atoms with van der Waals surface area (Å²) in [5, 5.41) is 10.7. The van der Waals surface area contributed by atoms with Gasteiger partial charge in [0.1, 0.15) is 11.2 Å². The number of rotatable bonds is 7. The van der Waals surface area contributed by atoms with E-state index >= 15 is 0 Å². The smallest absolute Gasteiger partial charge is 0.410 e. The fraction of sp³-hybridized carbons (Fsp3) is 0.611. The molecule has 2 aromatic carbocycles. The van der Waals surface area contributed by atoms with Gasteiger partial charge in [-0.2, -0.15) is 0 Å². The van der Waals surface area contributed by atoms with Crippen LogP contribution in [0.1, 0.15) is 81.1 Å². The highest BCUT2D eigenvalue weighted by Gasteiger charge is 2.31. The van der Waals surface area contributed by atoms with Crippen molar-refractivity contribution in [2.75, 3.05) is 54.8 Å². The molecule has 12 heteroatoms. The molecule has 0 aromatic heterocycles. The minimum Gasteiger partial charge on any atom is -0.444 e. The Morgan fingerprint density at radius 3 is 1.35 bits per heavy atom. The molecule has 12 nitrogen and oxygen atoms in total. The molecule has 2 amide bonds. The van der Waals surface area contributed by atoms with Gasteiger partial charge in [0.15, 0.2) is 0 Å². The van der Waals surface area contributed by atoms with Gasteiger partial charge in [-0.3, -0.25) is 10.1 Å². The van der Waals surface area contributed by atoms with Gasteiger partial charge in [0.05, 0.1) is 4.92 Å². The van der Waals surface area contributed by atoms with E-state index in [1.807, 2.05) is 72.4 Å². The van der Waals surface area contributed by atoms with Crippen LogP contribution < -0.4 is 15.5 Å². The fourth-order valence-electron chi connectivity index (χ4n) is 6.06. The predicted molar refractivity (Wildman–Crippen MR) is 192 cm³/mol. The summed E-state index contributed by atoms with van der Waals surface area (Å²) in [6, 6.07) is 15.0. The number of carbonyl (C=O) groups excluding carboxylic acids is 2. The van der Waals surface area contributed by atoms with E-state index < -0.39 is 16.1 Å². The van der Waals surface area contributed by atoms with Crippen LogP contribution in [0.2, 0.25) is 0 Å². The number of nitrogens with zero attached hydrogens (tertiary/aromatic N) is 5. The summed E-state index contributed by atoms with van der Waals surface area (Å²) in [5.74, 6) is 0. The molecule has 266 valence electrons. The van der Waals surface area contributed by atoms with Gasteiger partial charge in [-0.15, -0.1) is 0 Å². The van der Waals surface area contributed by atoms with E-state index in [9.17, 15) is 19.7 Å². The Bertz CT molecular complexity index is 1320. The normalized spacial score (nSPS) is 16.0. The number of anilines is 3. The summed E-state index contributed by atoms with van der Waals surface area (Å²) in [4.78, 5) is 43.3. The molecular formula is C36H56N6O6. The molecule has 0 radical (unpaired) electrons. The van der Waals surface area contributed by atoms with Crippen LogP contribution in [0, 0.1) is 10.1 Å². The number of piperidine rings is 2. The average Bonchev–Trinajstić information content (AvgIpc) is 3.01. The molecule has 0 spiro atoms. The molecule has 0 saturated carbocycles. The molecule has 2 fully saturated rings. The number of ether oxygens (including phenoxy) is 2. The molecular weight excluding hydrogens is 612 g/mol. The Morgan fingerprint density at radius 2 is 1.06 bits per heavy atom. The second-order valence-electron chi connectivity index (χ2n) is 14.3. The number of nitro groups is 1. The van der Waals surface area contributed by atoms with Crippen molar-refractivity contribution in [1.29, 1.82) is 0 Å². The van der Waals surface area contributed by atoms with Crippen LogP contribution in [0.4, 0.5) is 32.3 Å².